The lowest BCUT2D eigenvalue weighted by Gasteiger charge is -2.20. The van der Waals surface area contributed by atoms with Gasteiger partial charge in [-0.15, -0.1) is 0 Å². The highest BCUT2D eigenvalue weighted by Crippen LogP contribution is 2.13. The van der Waals surface area contributed by atoms with E-state index in [0.29, 0.717) is 12.6 Å². The number of hydrogen-bond acceptors (Lipinski definition) is 3. The third-order valence-corrected chi connectivity index (χ3v) is 4.95. The van der Waals surface area contributed by atoms with Crippen LogP contribution in [-0.2, 0) is 10.0 Å². The van der Waals surface area contributed by atoms with Gasteiger partial charge in [0.15, 0.2) is 0 Å². The Morgan fingerprint density at radius 3 is 2.53 bits per heavy atom. The zero-order valence-electron chi connectivity index (χ0n) is 9.84. The third-order valence-electron chi connectivity index (χ3n) is 2.75. The van der Waals surface area contributed by atoms with E-state index in [0.717, 1.165) is 19.4 Å². The molecule has 0 aromatic carbocycles. The Morgan fingerprint density at radius 2 is 2.07 bits per heavy atom. The van der Waals surface area contributed by atoms with Crippen molar-refractivity contribution in [2.45, 2.75) is 50.8 Å². The first-order valence-electron chi connectivity index (χ1n) is 5.55. The topological polar surface area (TPSA) is 58.2 Å². The van der Waals surface area contributed by atoms with E-state index in [2.05, 4.69) is 10.0 Å². The molecule has 1 aliphatic heterocycles. The molecule has 0 saturated carbocycles. The summed E-state index contributed by atoms with van der Waals surface area (Å²) in [7, 11) is -3.17. The standard InChI is InChI=1S/C10H22N2O2S/c1-10(2,3)15(13,14)12-8-6-9-5-4-7-11-9/h9,11-12H,4-8H2,1-3H3/t9-/m0/s1. The van der Waals surface area contributed by atoms with Crippen molar-refractivity contribution < 1.29 is 8.42 Å². The molecule has 4 nitrogen and oxygen atoms in total. The molecule has 1 rings (SSSR count). The third kappa shape index (κ3) is 3.74. The fraction of sp³-hybridized carbons (Fsp3) is 1.00. The monoisotopic (exact) mass is 234 g/mol. The fourth-order valence-electron chi connectivity index (χ4n) is 1.59. The molecule has 0 unspecified atom stereocenters. The fourth-order valence-corrected chi connectivity index (χ4v) is 2.41. The van der Waals surface area contributed by atoms with Gasteiger partial charge in [0.05, 0.1) is 4.75 Å². The van der Waals surface area contributed by atoms with Crippen LogP contribution in [0, 0.1) is 0 Å². The lowest BCUT2D eigenvalue weighted by molar-refractivity contribution is 0.522. The lowest BCUT2D eigenvalue weighted by atomic mass is 10.2. The smallest absolute Gasteiger partial charge is 0.216 e. The van der Waals surface area contributed by atoms with Crippen LogP contribution in [0.2, 0.25) is 0 Å². The summed E-state index contributed by atoms with van der Waals surface area (Å²) in [6, 6.07) is 0.493. The Bertz CT molecular complexity index is 287. The van der Waals surface area contributed by atoms with Crippen LogP contribution in [0.1, 0.15) is 40.0 Å². The van der Waals surface area contributed by atoms with Crippen molar-refractivity contribution >= 4 is 10.0 Å². The van der Waals surface area contributed by atoms with Crippen LogP contribution in [0.4, 0.5) is 0 Å². The first-order chi connectivity index (χ1) is 6.83. The average molecular weight is 234 g/mol. The molecule has 1 saturated heterocycles. The minimum atomic E-state index is -3.17. The van der Waals surface area contributed by atoms with Gasteiger partial charge in [0.25, 0.3) is 0 Å². The van der Waals surface area contributed by atoms with Crippen LogP contribution in [0.5, 0.6) is 0 Å². The maximum Gasteiger partial charge on any atom is 0.216 e. The van der Waals surface area contributed by atoms with Gasteiger partial charge >= 0.3 is 0 Å². The molecule has 1 aliphatic rings. The summed E-state index contributed by atoms with van der Waals surface area (Å²) >= 11 is 0. The van der Waals surface area contributed by atoms with Gasteiger partial charge in [0.2, 0.25) is 10.0 Å². The molecule has 0 amide bonds. The summed E-state index contributed by atoms with van der Waals surface area (Å²) in [6.45, 7) is 6.74. The molecular formula is C10H22N2O2S. The largest absolute Gasteiger partial charge is 0.314 e. The van der Waals surface area contributed by atoms with Gasteiger partial charge in [-0.05, 0) is 46.6 Å². The van der Waals surface area contributed by atoms with Crippen LogP contribution in [0.25, 0.3) is 0 Å². The summed E-state index contributed by atoms with van der Waals surface area (Å²) in [4.78, 5) is 0. The maximum absolute atomic E-state index is 11.7. The van der Waals surface area contributed by atoms with Crippen molar-refractivity contribution in [2.75, 3.05) is 13.1 Å². The molecule has 0 aliphatic carbocycles. The molecular weight excluding hydrogens is 212 g/mol. The maximum atomic E-state index is 11.7. The van der Waals surface area contributed by atoms with Crippen LogP contribution >= 0.6 is 0 Å². The lowest BCUT2D eigenvalue weighted by Crippen LogP contribution is -2.41. The Kier molecular flexibility index (Phi) is 4.14. The molecule has 2 N–H and O–H groups in total. The van der Waals surface area contributed by atoms with Crippen molar-refractivity contribution in [1.29, 1.82) is 0 Å². The van der Waals surface area contributed by atoms with Gasteiger partial charge in [-0.3, -0.25) is 0 Å². The molecule has 0 radical (unpaired) electrons. The summed E-state index contributed by atoms with van der Waals surface area (Å²) in [5, 5.41) is 3.35. The second kappa shape index (κ2) is 4.80. The van der Waals surface area contributed by atoms with E-state index in [9.17, 15) is 8.42 Å². The predicted octanol–water partition coefficient (Wildman–Crippen LogP) is 0.846. The molecule has 0 aromatic rings. The zero-order chi connectivity index (χ0) is 11.5. The van der Waals surface area contributed by atoms with Crippen molar-refractivity contribution in [1.82, 2.24) is 10.0 Å². The Labute approximate surface area is 92.9 Å². The van der Waals surface area contributed by atoms with Gasteiger partial charge in [0, 0.05) is 12.6 Å². The molecule has 1 heterocycles. The molecule has 5 heteroatoms. The van der Waals surface area contributed by atoms with Crippen molar-refractivity contribution in [2.24, 2.45) is 0 Å². The van der Waals surface area contributed by atoms with Crippen molar-refractivity contribution in [3.63, 3.8) is 0 Å². The molecule has 0 aromatic heterocycles. The zero-order valence-corrected chi connectivity index (χ0v) is 10.7. The summed E-state index contributed by atoms with van der Waals surface area (Å²) in [5.41, 5.74) is 0. The van der Waals surface area contributed by atoms with Gasteiger partial charge in [0.1, 0.15) is 0 Å². The minimum Gasteiger partial charge on any atom is -0.314 e. The Hall–Kier alpha value is -0.130. The highest BCUT2D eigenvalue weighted by atomic mass is 32.2. The van der Waals surface area contributed by atoms with E-state index in [-0.39, 0.29) is 0 Å². The van der Waals surface area contributed by atoms with Gasteiger partial charge in [-0.25, -0.2) is 13.1 Å². The number of sulfonamides is 1. The quantitative estimate of drug-likeness (QED) is 0.758. The van der Waals surface area contributed by atoms with Crippen LogP contribution < -0.4 is 10.0 Å². The second-order valence-corrected chi connectivity index (χ2v) is 7.61. The van der Waals surface area contributed by atoms with E-state index in [4.69, 9.17) is 0 Å². The Morgan fingerprint density at radius 1 is 1.40 bits per heavy atom. The predicted molar refractivity (Wildman–Crippen MR) is 62.3 cm³/mol. The highest BCUT2D eigenvalue weighted by molar-refractivity contribution is 7.90. The molecule has 1 atom stereocenters. The van der Waals surface area contributed by atoms with Crippen LogP contribution in [0.15, 0.2) is 0 Å². The molecule has 0 bridgehead atoms. The molecule has 0 spiro atoms. The van der Waals surface area contributed by atoms with Gasteiger partial charge in [-0.2, -0.15) is 0 Å². The van der Waals surface area contributed by atoms with E-state index in [1.54, 1.807) is 20.8 Å². The summed E-state index contributed by atoms with van der Waals surface area (Å²) in [5.74, 6) is 0. The van der Waals surface area contributed by atoms with E-state index in [1.807, 2.05) is 0 Å². The van der Waals surface area contributed by atoms with Crippen molar-refractivity contribution in [3.05, 3.63) is 0 Å². The van der Waals surface area contributed by atoms with E-state index < -0.39 is 14.8 Å². The SMILES string of the molecule is CC(C)(C)S(=O)(=O)NCC[C@@H]1CCCN1. The second-order valence-electron chi connectivity index (χ2n) is 5.09. The molecule has 1 fully saturated rings. The first kappa shape index (κ1) is 12.9. The highest BCUT2D eigenvalue weighted by Gasteiger charge is 2.28. The van der Waals surface area contributed by atoms with Gasteiger partial charge < -0.3 is 5.32 Å². The number of nitrogens with one attached hydrogen (secondary N) is 2. The van der Waals surface area contributed by atoms with E-state index >= 15 is 0 Å². The molecule has 90 valence electrons. The summed E-state index contributed by atoms with van der Waals surface area (Å²) in [6.07, 6.45) is 3.25. The number of hydrogen-bond donors (Lipinski definition) is 2. The average Bonchev–Trinajstić information content (AvgIpc) is 2.54. The number of rotatable bonds is 4. The molecule has 15 heavy (non-hydrogen) atoms. The Balaban J connectivity index is 2.30. The van der Waals surface area contributed by atoms with Crippen LogP contribution in [-0.4, -0.2) is 32.3 Å². The minimum absolute atomic E-state index is 0.493. The van der Waals surface area contributed by atoms with Gasteiger partial charge in [-0.1, -0.05) is 0 Å². The normalized spacial score (nSPS) is 23.3. The summed E-state index contributed by atoms with van der Waals surface area (Å²) < 4.78 is 25.3. The van der Waals surface area contributed by atoms with E-state index in [1.165, 1.54) is 6.42 Å². The van der Waals surface area contributed by atoms with Crippen LogP contribution in [0.3, 0.4) is 0 Å². The first-order valence-corrected chi connectivity index (χ1v) is 7.04. The van der Waals surface area contributed by atoms with Crippen molar-refractivity contribution in [3.8, 4) is 0 Å².